The van der Waals surface area contributed by atoms with Gasteiger partial charge in [-0.2, -0.15) is 13.2 Å². The maximum Gasteiger partial charge on any atom is 0.434 e. The molecule has 0 spiro atoms. The minimum Gasteiger partial charge on any atom is -0.275 e. The number of pyridine rings is 1. The molecule has 0 aliphatic carbocycles. The monoisotopic (exact) mass is 371 g/mol. The Morgan fingerprint density at radius 3 is 2.47 bits per heavy atom. The van der Waals surface area contributed by atoms with Gasteiger partial charge in [-0.25, -0.2) is 4.98 Å². The van der Waals surface area contributed by atoms with E-state index in [-0.39, 0.29) is 15.9 Å². The van der Waals surface area contributed by atoms with Crippen molar-refractivity contribution >= 4 is 55.3 Å². The molecule has 19 heavy (non-hydrogen) atoms. The summed E-state index contributed by atoms with van der Waals surface area (Å²) in [6.07, 6.45) is -4.83. The van der Waals surface area contributed by atoms with Crippen LogP contribution in [-0.2, 0) is 6.18 Å². The number of aromatic nitrogens is 1. The van der Waals surface area contributed by atoms with Crippen molar-refractivity contribution in [3.05, 3.63) is 39.0 Å². The zero-order valence-corrected chi connectivity index (χ0v) is 12.0. The van der Waals surface area contributed by atoms with E-state index in [4.69, 9.17) is 23.2 Å². The van der Waals surface area contributed by atoms with Gasteiger partial charge in [0.1, 0.15) is 0 Å². The second-order valence-corrected chi connectivity index (χ2v) is 5.13. The Morgan fingerprint density at radius 2 is 1.95 bits per heavy atom. The first-order chi connectivity index (χ1) is 8.73. The number of alkyl halides is 3. The summed E-state index contributed by atoms with van der Waals surface area (Å²) in [6.45, 7) is 0. The van der Waals surface area contributed by atoms with Crippen LogP contribution in [0.1, 0.15) is 16.1 Å². The van der Waals surface area contributed by atoms with Crippen molar-refractivity contribution in [2.45, 2.75) is 6.18 Å². The third-order valence-corrected chi connectivity index (χ3v) is 3.59. The first kappa shape index (κ1) is 14.6. The van der Waals surface area contributed by atoms with Crippen molar-refractivity contribution in [2.75, 3.05) is 0 Å². The van der Waals surface area contributed by atoms with E-state index in [2.05, 4.69) is 20.9 Å². The topological polar surface area (TPSA) is 30.0 Å². The average Bonchev–Trinajstić information content (AvgIpc) is 2.28. The molecule has 1 aromatic carbocycles. The van der Waals surface area contributed by atoms with Gasteiger partial charge in [0.2, 0.25) is 0 Å². The van der Waals surface area contributed by atoms with E-state index in [1.165, 1.54) is 12.1 Å². The van der Waals surface area contributed by atoms with E-state index in [0.717, 1.165) is 0 Å². The standard InChI is InChI=1S/C11H3BrCl2F3NO/c12-5-3-1-2-4-7(13)6(10(14)19)9(11(15,16)17)18-8(4)5/h1-3H. The van der Waals surface area contributed by atoms with Crippen molar-refractivity contribution < 1.29 is 18.0 Å². The van der Waals surface area contributed by atoms with Crippen LogP contribution in [0.15, 0.2) is 22.7 Å². The molecule has 1 aromatic heterocycles. The van der Waals surface area contributed by atoms with E-state index in [1.54, 1.807) is 6.07 Å². The molecule has 0 aliphatic heterocycles. The molecule has 8 heteroatoms. The van der Waals surface area contributed by atoms with Crippen LogP contribution < -0.4 is 0 Å². The quantitative estimate of drug-likeness (QED) is 0.656. The van der Waals surface area contributed by atoms with Crippen LogP contribution in [0.2, 0.25) is 5.02 Å². The van der Waals surface area contributed by atoms with Crippen LogP contribution in [0.4, 0.5) is 13.2 Å². The van der Waals surface area contributed by atoms with Gasteiger partial charge < -0.3 is 0 Å². The molecule has 0 fully saturated rings. The third kappa shape index (κ3) is 2.57. The molecule has 2 aromatic rings. The normalized spacial score (nSPS) is 11.9. The Labute approximate surface area is 123 Å². The first-order valence-corrected chi connectivity index (χ1v) is 6.33. The van der Waals surface area contributed by atoms with Crippen molar-refractivity contribution in [1.29, 1.82) is 0 Å². The fourth-order valence-electron chi connectivity index (χ4n) is 1.60. The van der Waals surface area contributed by atoms with Gasteiger partial charge in [-0.05, 0) is 33.6 Å². The Morgan fingerprint density at radius 1 is 1.32 bits per heavy atom. The third-order valence-electron chi connectivity index (χ3n) is 2.37. The van der Waals surface area contributed by atoms with Gasteiger partial charge in [-0.1, -0.05) is 23.7 Å². The minimum atomic E-state index is -4.83. The Kier molecular flexibility index (Phi) is 3.77. The average molecular weight is 373 g/mol. The molecule has 2 nitrogen and oxygen atoms in total. The Balaban J connectivity index is 2.99. The van der Waals surface area contributed by atoms with Crippen LogP contribution in [0.25, 0.3) is 10.9 Å². The lowest BCUT2D eigenvalue weighted by atomic mass is 10.1. The van der Waals surface area contributed by atoms with Crippen LogP contribution in [-0.4, -0.2) is 10.2 Å². The number of carbonyl (C=O) groups excluding carboxylic acids is 1. The van der Waals surface area contributed by atoms with Gasteiger partial charge in [0.25, 0.3) is 5.24 Å². The smallest absolute Gasteiger partial charge is 0.275 e. The molecule has 0 saturated carbocycles. The molecule has 0 N–H and O–H groups in total. The van der Waals surface area contributed by atoms with Crippen molar-refractivity contribution in [3.63, 3.8) is 0 Å². The van der Waals surface area contributed by atoms with E-state index in [0.29, 0.717) is 4.47 Å². The predicted octanol–water partition coefficient (Wildman–Crippen LogP) is 5.05. The summed E-state index contributed by atoms with van der Waals surface area (Å²) >= 11 is 14.1. The van der Waals surface area contributed by atoms with E-state index in [1.807, 2.05) is 0 Å². The molecule has 0 bridgehead atoms. The highest BCUT2D eigenvalue weighted by atomic mass is 79.9. The summed E-state index contributed by atoms with van der Waals surface area (Å²) in [5.41, 5.74) is -2.21. The summed E-state index contributed by atoms with van der Waals surface area (Å²) < 4.78 is 39.0. The first-order valence-electron chi connectivity index (χ1n) is 4.78. The molecule has 1 heterocycles. The van der Waals surface area contributed by atoms with Gasteiger partial charge in [-0.15, -0.1) is 0 Å². The van der Waals surface area contributed by atoms with Crippen LogP contribution >= 0.6 is 39.1 Å². The molecule has 0 radical (unpaired) electrons. The number of fused-ring (bicyclic) bond motifs is 1. The highest BCUT2D eigenvalue weighted by Crippen LogP contribution is 2.39. The predicted molar refractivity (Wildman–Crippen MR) is 69.6 cm³/mol. The maximum atomic E-state index is 12.9. The summed E-state index contributed by atoms with van der Waals surface area (Å²) in [5, 5.41) is -1.45. The second-order valence-electron chi connectivity index (χ2n) is 3.56. The van der Waals surface area contributed by atoms with E-state index >= 15 is 0 Å². The number of rotatable bonds is 1. The van der Waals surface area contributed by atoms with Gasteiger partial charge in [0, 0.05) is 9.86 Å². The fourth-order valence-corrected chi connectivity index (χ4v) is 2.61. The molecule has 0 atom stereocenters. The minimum absolute atomic E-state index is 0.0153. The molecular weight excluding hydrogens is 370 g/mol. The fraction of sp³-hybridized carbons (Fsp3) is 0.0909. The van der Waals surface area contributed by atoms with Crippen LogP contribution in [0.3, 0.4) is 0 Å². The largest absolute Gasteiger partial charge is 0.434 e. The van der Waals surface area contributed by atoms with Crippen molar-refractivity contribution in [2.24, 2.45) is 0 Å². The highest BCUT2D eigenvalue weighted by Gasteiger charge is 2.39. The van der Waals surface area contributed by atoms with E-state index in [9.17, 15) is 18.0 Å². The Bertz CT molecular complexity index is 688. The number of carbonyl (C=O) groups is 1. The number of para-hydroxylation sites is 1. The summed E-state index contributed by atoms with van der Waals surface area (Å²) in [6, 6.07) is 4.54. The molecular formula is C11H3BrCl2F3NO. The molecule has 100 valence electrons. The number of nitrogens with zero attached hydrogens (tertiary/aromatic N) is 1. The number of benzene rings is 1. The number of halogens is 6. The lowest BCUT2D eigenvalue weighted by molar-refractivity contribution is -0.141. The van der Waals surface area contributed by atoms with Gasteiger partial charge in [0.05, 0.1) is 16.1 Å². The summed E-state index contributed by atoms with van der Waals surface area (Å²) in [5.74, 6) is 0. The van der Waals surface area contributed by atoms with Gasteiger partial charge >= 0.3 is 6.18 Å². The lowest BCUT2D eigenvalue weighted by Crippen LogP contribution is -2.14. The molecule has 0 amide bonds. The second kappa shape index (κ2) is 4.92. The molecule has 0 aliphatic rings. The highest BCUT2D eigenvalue weighted by molar-refractivity contribution is 9.10. The zero-order chi connectivity index (χ0) is 14.4. The number of hydrogen-bond donors (Lipinski definition) is 0. The van der Waals surface area contributed by atoms with E-state index < -0.39 is 22.7 Å². The van der Waals surface area contributed by atoms with Crippen LogP contribution in [0.5, 0.6) is 0 Å². The Hall–Kier alpha value is -0.850. The summed E-state index contributed by atoms with van der Waals surface area (Å²) in [7, 11) is 0. The van der Waals surface area contributed by atoms with Crippen molar-refractivity contribution in [3.8, 4) is 0 Å². The van der Waals surface area contributed by atoms with Gasteiger partial charge in [0.15, 0.2) is 5.69 Å². The molecule has 0 saturated heterocycles. The lowest BCUT2D eigenvalue weighted by Gasteiger charge is -2.13. The van der Waals surface area contributed by atoms with Gasteiger partial charge in [-0.3, -0.25) is 4.79 Å². The SMILES string of the molecule is O=C(Cl)c1c(C(F)(F)F)nc2c(Br)cccc2c1Cl. The zero-order valence-electron chi connectivity index (χ0n) is 8.86. The number of hydrogen-bond acceptors (Lipinski definition) is 2. The molecule has 2 rings (SSSR count). The maximum absolute atomic E-state index is 12.9. The summed E-state index contributed by atoms with van der Waals surface area (Å²) in [4.78, 5) is 14.7. The molecule has 0 unspecified atom stereocenters. The van der Waals surface area contributed by atoms with Crippen LogP contribution in [0, 0.1) is 0 Å². The van der Waals surface area contributed by atoms with Crippen molar-refractivity contribution in [1.82, 2.24) is 4.98 Å².